The number of aromatic nitrogens is 1. The predicted molar refractivity (Wildman–Crippen MR) is 69.7 cm³/mol. The van der Waals surface area contributed by atoms with Gasteiger partial charge in [0.15, 0.2) is 0 Å². The van der Waals surface area contributed by atoms with Crippen LogP contribution in [-0.2, 0) is 5.79 Å². The molecular formula is C14H15NO4. The molecule has 0 saturated heterocycles. The fourth-order valence-electron chi connectivity index (χ4n) is 2.08. The monoisotopic (exact) mass is 261 g/mol. The van der Waals surface area contributed by atoms with Gasteiger partial charge in [-0.05, 0) is 11.5 Å². The van der Waals surface area contributed by atoms with Crippen LogP contribution in [0.2, 0.25) is 0 Å². The number of carboxylic acid groups (broad SMARTS) is 1. The molecule has 0 saturated carbocycles. The van der Waals surface area contributed by atoms with Crippen LogP contribution in [-0.4, -0.2) is 26.3 Å². The molecule has 1 aromatic heterocycles. The van der Waals surface area contributed by atoms with Crippen LogP contribution in [0.1, 0.15) is 35.9 Å². The molecule has 0 atom stereocenters. The summed E-state index contributed by atoms with van der Waals surface area (Å²) in [5, 5.41) is 30.4. The van der Waals surface area contributed by atoms with Crippen molar-refractivity contribution >= 4 is 16.7 Å². The van der Waals surface area contributed by atoms with Gasteiger partial charge in [-0.1, -0.05) is 37.6 Å². The van der Waals surface area contributed by atoms with E-state index in [2.05, 4.69) is 4.98 Å². The minimum absolute atomic E-state index is 0.00940. The van der Waals surface area contributed by atoms with Gasteiger partial charge in [-0.3, -0.25) is 0 Å². The second kappa shape index (κ2) is 4.95. The molecule has 0 aliphatic heterocycles. The molecule has 5 nitrogen and oxygen atoms in total. The number of aromatic carboxylic acids is 1. The maximum absolute atomic E-state index is 11.1. The van der Waals surface area contributed by atoms with Gasteiger partial charge >= 0.3 is 5.97 Å². The van der Waals surface area contributed by atoms with Crippen LogP contribution in [0.3, 0.4) is 0 Å². The van der Waals surface area contributed by atoms with Crippen molar-refractivity contribution in [2.45, 2.75) is 25.6 Å². The van der Waals surface area contributed by atoms with Crippen molar-refractivity contribution in [2.24, 2.45) is 0 Å². The largest absolute Gasteiger partial charge is 0.477 e. The summed E-state index contributed by atoms with van der Waals surface area (Å²) in [7, 11) is 0. The number of nitrogens with zero attached hydrogens (tertiary/aromatic N) is 1. The van der Waals surface area contributed by atoms with Crippen LogP contribution >= 0.6 is 0 Å². The average Bonchev–Trinajstić information content (AvgIpc) is 2.37. The van der Waals surface area contributed by atoms with Gasteiger partial charge in [0.05, 0.1) is 0 Å². The van der Waals surface area contributed by atoms with Crippen molar-refractivity contribution in [2.75, 3.05) is 0 Å². The number of carboxylic acids is 1. The Hall–Kier alpha value is -1.98. The van der Waals surface area contributed by atoms with Crippen LogP contribution in [0.15, 0.2) is 30.3 Å². The first kappa shape index (κ1) is 13.5. The average molecular weight is 261 g/mol. The molecule has 19 heavy (non-hydrogen) atoms. The van der Waals surface area contributed by atoms with Gasteiger partial charge in [0, 0.05) is 11.8 Å². The van der Waals surface area contributed by atoms with E-state index in [0.29, 0.717) is 17.2 Å². The number of rotatable bonds is 4. The molecule has 0 spiro atoms. The topological polar surface area (TPSA) is 90.7 Å². The van der Waals surface area contributed by atoms with Crippen molar-refractivity contribution in [3.05, 3.63) is 41.7 Å². The molecule has 0 aliphatic carbocycles. The highest BCUT2D eigenvalue weighted by atomic mass is 16.5. The van der Waals surface area contributed by atoms with Crippen LogP contribution in [0.25, 0.3) is 10.8 Å². The Kier molecular flexibility index (Phi) is 3.50. The van der Waals surface area contributed by atoms with E-state index in [1.165, 1.54) is 6.07 Å². The van der Waals surface area contributed by atoms with Gasteiger partial charge in [-0.25, -0.2) is 9.78 Å². The Morgan fingerprint density at radius 2 is 2.00 bits per heavy atom. The third-order valence-corrected chi connectivity index (χ3v) is 2.94. The van der Waals surface area contributed by atoms with E-state index in [-0.39, 0.29) is 17.8 Å². The molecule has 0 amide bonds. The molecule has 0 unspecified atom stereocenters. The number of fused-ring (bicyclic) bond motifs is 1. The van der Waals surface area contributed by atoms with Crippen molar-refractivity contribution < 1.29 is 20.1 Å². The van der Waals surface area contributed by atoms with Gasteiger partial charge in [0.1, 0.15) is 11.4 Å². The second-order valence-corrected chi connectivity index (χ2v) is 4.45. The Morgan fingerprint density at radius 1 is 1.32 bits per heavy atom. The van der Waals surface area contributed by atoms with Gasteiger partial charge in [-0.15, -0.1) is 0 Å². The SMILES string of the molecule is CCCC(O)(O)c1nc(C(=O)O)cc2ccccc12. The fraction of sp³-hybridized carbons (Fsp3) is 0.286. The lowest BCUT2D eigenvalue weighted by Crippen LogP contribution is -2.27. The number of benzene rings is 1. The molecule has 0 radical (unpaired) electrons. The number of hydrogen-bond donors (Lipinski definition) is 3. The number of hydrogen-bond acceptors (Lipinski definition) is 4. The van der Waals surface area contributed by atoms with Crippen molar-refractivity contribution in [3.8, 4) is 0 Å². The molecule has 0 aliphatic rings. The van der Waals surface area contributed by atoms with E-state index in [4.69, 9.17) is 5.11 Å². The van der Waals surface area contributed by atoms with Gasteiger partial charge in [0.2, 0.25) is 5.79 Å². The summed E-state index contributed by atoms with van der Waals surface area (Å²) in [5.74, 6) is -3.32. The summed E-state index contributed by atoms with van der Waals surface area (Å²) in [6.45, 7) is 1.81. The summed E-state index contributed by atoms with van der Waals surface area (Å²) >= 11 is 0. The summed E-state index contributed by atoms with van der Waals surface area (Å²) in [6, 6.07) is 8.34. The molecule has 1 aromatic carbocycles. The highest BCUT2D eigenvalue weighted by Crippen LogP contribution is 2.29. The lowest BCUT2D eigenvalue weighted by molar-refractivity contribution is -0.176. The minimum atomic E-state index is -2.13. The molecule has 100 valence electrons. The molecule has 2 rings (SSSR count). The standard InChI is InChI=1S/C14H15NO4/c1-2-7-14(18,19)12-10-6-4-3-5-9(10)8-11(15-12)13(16)17/h3-6,8,18-19H,2,7H2,1H3,(H,16,17). The van der Waals surface area contributed by atoms with Crippen LogP contribution in [0.4, 0.5) is 0 Å². The smallest absolute Gasteiger partial charge is 0.354 e. The highest BCUT2D eigenvalue weighted by Gasteiger charge is 2.29. The Labute approximate surface area is 110 Å². The first-order chi connectivity index (χ1) is 8.95. The lowest BCUT2D eigenvalue weighted by atomic mass is 10.00. The van der Waals surface area contributed by atoms with E-state index in [1.807, 2.05) is 6.92 Å². The van der Waals surface area contributed by atoms with E-state index < -0.39 is 11.8 Å². The summed E-state index contributed by atoms with van der Waals surface area (Å²) < 4.78 is 0. The third-order valence-electron chi connectivity index (χ3n) is 2.94. The quantitative estimate of drug-likeness (QED) is 0.731. The second-order valence-electron chi connectivity index (χ2n) is 4.45. The van der Waals surface area contributed by atoms with Crippen molar-refractivity contribution in [3.63, 3.8) is 0 Å². The van der Waals surface area contributed by atoms with E-state index in [1.54, 1.807) is 24.3 Å². The maximum atomic E-state index is 11.1. The first-order valence-electron chi connectivity index (χ1n) is 6.04. The summed E-state index contributed by atoms with van der Waals surface area (Å²) in [5.41, 5.74) is -0.206. The number of aliphatic hydroxyl groups is 2. The van der Waals surface area contributed by atoms with E-state index in [0.717, 1.165) is 0 Å². The maximum Gasteiger partial charge on any atom is 0.354 e. The Morgan fingerprint density at radius 3 is 2.63 bits per heavy atom. The molecule has 0 fully saturated rings. The van der Waals surface area contributed by atoms with Crippen LogP contribution < -0.4 is 0 Å². The predicted octanol–water partition coefficient (Wildman–Crippen LogP) is 1.87. The van der Waals surface area contributed by atoms with Crippen molar-refractivity contribution in [1.82, 2.24) is 4.98 Å². The fourth-order valence-corrected chi connectivity index (χ4v) is 2.08. The molecule has 5 heteroatoms. The molecule has 3 N–H and O–H groups in total. The number of pyridine rings is 1. The summed E-state index contributed by atoms with van der Waals surface area (Å²) in [4.78, 5) is 14.9. The van der Waals surface area contributed by atoms with Crippen LogP contribution in [0, 0.1) is 0 Å². The van der Waals surface area contributed by atoms with E-state index in [9.17, 15) is 15.0 Å². The number of carbonyl (C=O) groups is 1. The Balaban J connectivity index is 2.73. The summed E-state index contributed by atoms with van der Waals surface area (Å²) in [6.07, 6.45) is 0.632. The zero-order valence-electron chi connectivity index (χ0n) is 10.5. The van der Waals surface area contributed by atoms with E-state index >= 15 is 0 Å². The Bertz CT molecular complexity index is 622. The normalized spacial score (nSPS) is 11.7. The zero-order valence-corrected chi connectivity index (χ0v) is 10.5. The van der Waals surface area contributed by atoms with Crippen LogP contribution in [0.5, 0.6) is 0 Å². The zero-order chi connectivity index (χ0) is 14.0. The molecule has 1 heterocycles. The minimum Gasteiger partial charge on any atom is -0.477 e. The molecule has 2 aromatic rings. The van der Waals surface area contributed by atoms with Gasteiger partial charge in [-0.2, -0.15) is 0 Å². The molecule has 0 bridgehead atoms. The first-order valence-corrected chi connectivity index (χ1v) is 6.04. The van der Waals surface area contributed by atoms with Gasteiger partial charge in [0.25, 0.3) is 0 Å². The van der Waals surface area contributed by atoms with Gasteiger partial charge < -0.3 is 15.3 Å². The lowest BCUT2D eigenvalue weighted by Gasteiger charge is -2.22. The highest BCUT2D eigenvalue weighted by molar-refractivity contribution is 5.93. The molecular weight excluding hydrogens is 246 g/mol. The third kappa shape index (κ3) is 2.57. The van der Waals surface area contributed by atoms with Crippen molar-refractivity contribution in [1.29, 1.82) is 0 Å².